The first-order chi connectivity index (χ1) is 12.2. The largest absolute Gasteiger partial charge is 0.489 e. The van der Waals surface area contributed by atoms with Gasteiger partial charge in [-0.05, 0) is 36.3 Å². The van der Waals surface area contributed by atoms with Crippen molar-refractivity contribution in [2.75, 3.05) is 19.8 Å². The summed E-state index contributed by atoms with van der Waals surface area (Å²) in [6.45, 7) is 4.38. The van der Waals surface area contributed by atoms with Crippen molar-refractivity contribution in [2.24, 2.45) is 0 Å². The molecule has 130 valence electrons. The molecule has 3 rings (SSSR count). The van der Waals surface area contributed by atoms with E-state index >= 15 is 0 Å². The maximum absolute atomic E-state index is 12.3. The Balaban J connectivity index is 1.60. The van der Waals surface area contributed by atoms with Gasteiger partial charge in [0.25, 0.3) is 0 Å². The van der Waals surface area contributed by atoms with E-state index in [0.29, 0.717) is 26.4 Å². The van der Waals surface area contributed by atoms with Crippen LogP contribution >= 0.6 is 0 Å². The van der Waals surface area contributed by atoms with Gasteiger partial charge in [0.15, 0.2) is 0 Å². The van der Waals surface area contributed by atoms with E-state index < -0.39 is 0 Å². The van der Waals surface area contributed by atoms with Crippen LogP contribution in [-0.2, 0) is 16.1 Å². The van der Waals surface area contributed by atoms with E-state index in [1.807, 2.05) is 72.5 Å². The highest BCUT2D eigenvalue weighted by Crippen LogP contribution is 2.17. The summed E-state index contributed by atoms with van der Waals surface area (Å²) in [6.07, 6.45) is 3.46. The standard InChI is InChI=1S/C21H23NO3/c1-17-15-24-13-12-22(17)21(23)11-10-18-8-5-9-20(14-18)25-16-19-6-3-2-4-7-19/h2-11,14,17H,12-13,15-16H2,1H3/b11-10+/t17-/m0/s1. The molecule has 2 aromatic rings. The molecule has 1 atom stereocenters. The molecule has 0 spiro atoms. The van der Waals surface area contributed by atoms with Gasteiger partial charge in [-0.15, -0.1) is 0 Å². The lowest BCUT2D eigenvalue weighted by atomic mass is 10.2. The molecular weight excluding hydrogens is 314 g/mol. The summed E-state index contributed by atoms with van der Waals surface area (Å²) in [5, 5.41) is 0. The van der Waals surface area contributed by atoms with Gasteiger partial charge < -0.3 is 14.4 Å². The first kappa shape index (κ1) is 17.2. The van der Waals surface area contributed by atoms with Gasteiger partial charge in [0.1, 0.15) is 12.4 Å². The van der Waals surface area contributed by atoms with Gasteiger partial charge in [-0.2, -0.15) is 0 Å². The molecule has 0 saturated carbocycles. The second-order valence-corrected chi connectivity index (χ2v) is 6.14. The van der Waals surface area contributed by atoms with Gasteiger partial charge in [-0.25, -0.2) is 0 Å². The summed E-state index contributed by atoms with van der Waals surface area (Å²) >= 11 is 0. The molecule has 2 aromatic carbocycles. The number of hydrogen-bond donors (Lipinski definition) is 0. The summed E-state index contributed by atoms with van der Waals surface area (Å²) in [6, 6.07) is 17.9. The molecule has 1 fully saturated rings. The summed E-state index contributed by atoms with van der Waals surface area (Å²) < 4.78 is 11.2. The maximum Gasteiger partial charge on any atom is 0.246 e. The summed E-state index contributed by atoms with van der Waals surface area (Å²) in [5.74, 6) is 0.810. The Morgan fingerprint density at radius 1 is 1.24 bits per heavy atom. The molecule has 1 heterocycles. The fraction of sp³-hybridized carbons (Fsp3) is 0.286. The van der Waals surface area contributed by atoms with E-state index in [1.54, 1.807) is 6.08 Å². The van der Waals surface area contributed by atoms with Crippen molar-refractivity contribution in [3.05, 3.63) is 71.8 Å². The van der Waals surface area contributed by atoms with Crippen molar-refractivity contribution in [1.82, 2.24) is 4.90 Å². The minimum atomic E-state index is 0.0198. The summed E-state index contributed by atoms with van der Waals surface area (Å²) in [7, 11) is 0. The third-order valence-corrected chi connectivity index (χ3v) is 4.18. The third-order valence-electron chi connectivity index (χ3n) is 4.18. The van der Waals surface area contributed by atoms with Crippen LogP contribution in [0.25, 0.3) is 6.08 Å². The topological polar surface area (TPSA) is 38.8 Å². The van der Waals surface area contributed by atoms with Gasteiger partial charge in [-0.1, -0.05) is 42.5 Å². The highest BCUT2D eigenvalue weighted by molar-refractivity contribution is 5.92. The number of morpholine rings is 1. The first-order valence-corrected chi connectivity index (χ1v) is 8.55. The number of amides is 1. The minimum absolute atomic E-state index is 0.0198. The number of hydrogen-bond acceptors (Lipinski definition) is 3. The van der Waals surface area contributed by atoms with Gasteiger partial charge in [0.05, 0.1) is 19.3 Å². The highest BCUT2D eigenvalue weighted by Gasteiger charge is 2.21. The van der Waals surface area contributed by atoms with E-state index in [4.69, 9.17) is 9.47 Å². The fourth-order valence-corrected chi connectivity index (χ4v) is 2.77. The summed E-state index contributed by atoms with van der Waals surface area (Å²) in [4.78, 5) is 14.2. The Bertz CT molecular complexity index is 727. The number of carbonyl (C=O) groups excluding carboxylic acids is 1. The van der Waals surface area contributed by atoms with Crippen LogP contribution in [0.5, 0.6) is 5.75 Å². The molecule has 1 aliphatic heterocycles. The molecule has 25 heavy (non-hydrogen) atoms. The minimum Gasteiger partial charge on any atom is -0.489 e. The van der Waals surface area contributed by atoms with Crippen LogP contribution in [0.1, 0.15) is 18.1 Å². The highest BCUT2D eigenvalue weighted by atomic mass is 16.5. The lowest BCUT2D eigenvalue weighted by Crippen LogP contribution is -2.46. The van der Waals surface area contributed by atoms with Gasteiger partial charge in [0.2, 0.25) is 5.91 Å². The smallest absolute Gasteiger partial charge is 0.246 e. The van der Waals surface area contributed by atoms with Crippen LogP contribution in [0.4, 0.5) is 0 Å². The van der Waals surface area contributed by atoms with Crippen molar-refractivity contribution in [3.8, 4) is 5.75 Å². The number of nitrogens with zero attached hydrogens (tertiary/aromatic N) is 1. The molecule has 0 unspecified atom stereocenters. The molecule has 0 aromatic heterocycles. The van der Waals surface area contributed by atoms with E-state index in [-0.39, 0.29) is 11.9 Å². The van der Waals surface area contributed by atoms with E-state index in [2.05, 4.69) is 0 Å². The lowest BCUT2D eigenvalue weighted by molar-refractivity contribution is -0.133. The summed E-state index contributed by atoms with van der Waals surface area (Å²) in [5.41, 5.74) is 2.07. The Morgan fingerprint density at radius 2 is 2.08 bits per heavy atom. The van der Waals surface area contributed by atoms with Crippen molar-refractivity contribution >= 4 is 12.0 Å². The molecule has 0 radical (unpaired) electrons. The average molecular weight is 337 g/mol. The van der Waals surface area contributed by atoms with E-state index in [0.717, 1.165) is 16.9 Å². The second-order valence-electron chi connectivity index (χ2n) is 6.14. The molecule has 1 aliphatic rings. The van der Waals surface area contributed by atoms with Crippen molar-refractivity contribution < 1.29 is 14.3 Å². The molecule has 1 saturated heterocycles. The van der Waals surface area contributed by atoms with Crippen molar-refractivity contribution in [3.63, 3.8) is 0 Å². The maximum atomic E-state index is 12.3. The van der Waals surface area contributed by atoms with Crippen LogP contribution in [0.15, 0.2) is 60.7 Å². The molecule has 1 amide bonds. The Labute approximate surface area is 148 Å². The zero-order valence-electron chi connectivity index (χ0n) is 14.4. The van der Waals surface area contributed by atoms with Gasteiger partial charge in [-0.3, -0.25) is 4.79 Å². The lowest BCUT2D eigenvalue weighted by Gasteiger charge is -2.32. The third kappa shape index (κ3) is 4.94. The Kier molecular flexibility index (Phi) is 5.86. The van der Waals surface area contributed by atoms with Crippen LogP contribution < -0.4 is 4.74 Å². The van der Waals surface area contributed by atoms with Crippen LogP contribution in [0.2, 0.25) is 0 Å². The van der Waals surface area contributed by atoms with Gasteiger partial charge in [0, 0.05) is 12.6 Å². The SMILES string of the molecule is C[C@H]1COCCN1C(=O)/C=C/c1cccc(OCc2ccccc2)c1. The normalized spacial score (nSPS) is 17.6. The molecule has 0 N–H and O–H groups in total. The monoisotopic (exact) mass is 337 g/mol. The molecule has 4 heteroatoms. The Morgan fingerprint density at radius 3 is 2.88 bits per heavy atom. The van der Waals surface area contributed by atoms with Crippen LogP contribution in [0.3, 0.4) is 0 Å². The first-order valence-electron chi connectivity index (χ1n) is 8.55. The van der Waals surface area contributed by atoms with E-state index in [9.17, 15) is 4.79 Å². The molecule has 0 bridgehead atoms. The molecule has 0 aliphatic carbocycles. The zero-order chi connectivity index (χ0) is 17.5. The van der Waals surface area contributed by atoms with E-state index in [1.165, 1.54) is 0 Å². The number of ether oxygens (including phenoxy) is 2. The zero-order valence-corrected chi connectivity index (χ0v) is 14.4. The second kappa shape index (κ2) is 8.49. The fourth-order valence-electron chi connectivity index (χ4n) is 2.77. The molecule has 4 nitrogen and oxygen atoms in total. The predicted molar refractivity (Wildman–Crippen MR) is 98.2 cm³/mol. The number of carbonyl (C=O) groups is 1. The predicted octanol–water partition coefficient (Wildman–Crippen LogP) is 3.53. The van der Waals surface area contributed by atoms with Crippen molar-refractivity contribution in [1.29, 1.82) is 0 Å². The number of benzene rings is 2. The van der Waals surface area contributed by atoms with Crippen LogP contribution in [0, 0.1) is 0 Å². The van der Waals surface area contributed by atoms with Crippen molar-refractivity contribution in [2.45, 2.75) is 19.6 Å². The van der Waals surface area contributed by atoms with Crippen LogP contribution in [-0.4, -0.2) is 36.6 Å². The Hall–Kier alpha value is -2.59. The molecular formula is C21H23NO3. The quantitative estimate of drug-likeness (QED) is 0.784. The average Bonchev–Trinajstić information content (AvgIpc) is 2.66. The van der Waals surface area contributed by atoms with Gasteiger partial charge >= 0.3 is 0 Å². The number of rotatable bonds is 5.